The van der Waals surface area contributed by atoms with Crippen molar-refractivity contribution in [2.75, 3.05) is 0 Å². The number of ether oxygens (including phenoxy) is 1. The van der Waals surface area contributed by atoms with Crippen molar-refractivity contribution in [1.82, 2.24) is 5.32 Å². The Hall–Kier alpha value is -1.84. The van der Waals surface area contributed by atoms with Crippen LogP contribution in [0, 0.1) is 24.7 Å². The summed E-state index contributed by atoms with van der Waals surface area (Å²) in [5.74, 6) is 1.76. The van der Waals surface area contributed by atoms with Crippen LogP contribution >= 0.6 is 0 Å². The summed E-state index contributed by atoms with van der Waals surface area (Å²) in [6.07, 6.45) is 7.00. The van der Waals surface area contributed by atoms with Crippen LogP contribution in [0.15, 0.2) is 18.2 Å². The number of hydrogen-bond donors (Lipinski definition) is 1. The maximum atomic E-state index is 12.7. The highest BCUT2D eigenvalue weighted by Gasteiger charge is 2.70. The molecule has 1 heterocycles. The van der Waals surface area contributed by atoms with Crippen molar-refractivity contribution in [3.8, 4) is 5.75 Å². The van der Waals surface area contributed by atoms with Crippen LogP contribution in [0.1, 0.15) is 60.9 Å². The van der Waals surface area contributed by atoms with Gasteiger partial charge in [-0.05, 0) is 50.7 Å². The van der Waals surface area contributed by atoms with Gasteiger partial charge < -0.3 is 10.1 Å². The number of ketones is 1. The number of amides is 1. The highest BCUT2D eigenvalue weighted by atomic mass is 16.5. The first kappa shape index (κ1) is 15.4. The van der Waals surface area contributed by atoms with Gasteiger partial charge in [0.05, 0.1) is 12.0 Å². The van der Waals surface area contributed by atoms with E-state index in [1.54, 1.807) is 0 Å². The first-order chi connectivity index (χ1) is 12.1. The van der Waals surface area contributed by atoms with Gasteiger partial charge in [0.25, 0.3) is 0 Å². The van der Waals surface area contributed by atoms with E-state index in [4.69, 9.17) is 4.74 Å². The first-order valence-corrected chi connectivity index (χ1v) is 9.71. The van der Waals surface area contributed by atoms with Gasteiger partial charge in [-0.25, -0.2) is 0 Å². The Kier molecular flexibility index (Phi) is 3.28. The molecule has 4 aliphatic rings. The van der Waals surface area contributed by atoms with Crippen molar-refractivity contribution in [1.29, 1.82) is 0 Å². The topological polar surface area (TPSA) is 55.4 Å². The van der Waals surface area contributed by atoms with E-state index in [2.05, 4.69) is 5.32 Å². The van der Waals surface area contributed by atoms with Gasteiger partial charge in [0, 0.05) is 17.9 Å². The molecule has 5 rings (SSSR count). The summed E-state index contributed by atoms with van der Waals surface area (Å²) in [6.45, 7) is 1.99. The molecule has 4 heteroatoms. The predicted molar refractivity (Wildman–Crippen MR) is 93.6 cm³/mol. The monoisotopic (exact) mass is 339 g/mol. The minimum atomic E-state index is -0.443. The molecule has 1 aromatic carbocycles. The summed E-state index contributed by atoms with van der Waals surface area (Å²) in [6, 6.07) is 6.21. The zero-order chi connectivity index (χ0) is 17.2. The molecule has 0 bridgehead atoms. The first-order valence-electron chi connectivity index (χ1n) is 9.71. The normalized spacial score (nSPS) is 36.0. The van der Waals surface area contributed by atoms with Gasteiger partial charge in [-0.3, -0.25) is 9.59 Å². The van der Waals surface area contributed by atoms with Crippen molar-refractivity contribution in [2.45, 2.75) is 63.5 Å². The summed E-state index contributed by atoms with van der Waals surface area (Å²) in [7, 11) is 0. The Labute approximate surface area is 148 Å². The highest BCUT2D eigenvalue weighted by Crippen LogP contribution is 2.65. The number of fused-ring (bicyclic) bond motifs is 3. The molecule has 3 saturated carbocycles. The van der Waals surface area contributed by atoms with E-state index in [9.17, 15) is 9.59 Å². The van der Waals surface area contributed by atoms with E-state index >= 15 is 0 Å². The molecular weight excluding hydrogens is 314 g/mol. The lowest BCUT2D eigenvalue weighted by atomic mass is 9.84. The van der Waals surface area contributed by atoms with Gasteiger partial charge in [0.1, 0.15) is 11.4 Å². The van der Waals surface area contributed by atoms with Crippen molar-refractivity contribution < 1.29 is 14.3 Å². The average molecular weight is 339 g/mol. The molecule has 25 heavy (non-hydrogen) atoms. The number of hydrogen-bond acceptors (Lipinski definition) is 3. The Morgan fingerprint density at radius 1 is 1.24 bits per heavy atom. The maximum absolute atomic E-state index is 12.7. The fraction of sp³-hybridized carbons (Fsp3) is 0.619. The average Bonchev–Trinajstić information content (AvgIpc) is 2.91. The molecule has 1 amide bonds. The van der Waals surface area contributed by atoms with Crippen LogP contribution in [-0.2, 0) is 4.79 Å². The van der Waals surface area contributed by atoms with Crippen LogP contribution < -0.4 is 10.1 Å². The number of Topliss-reactive ketones (excluding diaryl/α,β-unsaturated/α-hetero) is 1. The fourth-order valence-electron chi connectivity index (χ4n) is 5.65. The molecule has 0 radical (unpaired) electrons. The predicted octanol–water partition coefficient (Wildman–Crippen LogP) is 3.41. The molecule has 1 N–H and O–H groups in total. The Balaban J connectivity index is 1.36. The second kappa shape index (κ2) is 5.33. The van der Waals surface area contributed by atoms with E-state index in [-0.39, 0.29) is 23.5 Å². The summed E-state index contributed by atoms with van der Waals surface area (Å²) < 4.78 is 6.41. The van der Waals surface area contributed by atoms with Crippen LogP contribution in [0.25, 0.3) is 0 Å². The molecule has 132 valence electrons. The van der Waals surface area contributed by atoms with Gasteiger partial charge in [-0.2, -0.15) is 0 Å². The van der Waals surface area contributed by atoms with Gasteiger partial charge in [-0.15, -0.1) is 0 Å². The molecular formula is C21H25NO3. The van der Waals surface area contributed by atoms with Gasteiger partial charge in [-0.1, -0.05) is 24.5 Å². The summed E-state index contributed by atoms with van der Waals surface area (Å²) >= 11 is 0. The number of rotatable bonds is 2. The Morgan fingerprint density at radius 2 is 2.04 bits per heavy atom. The van der Waals surface area contributed by atoms with Crippen molar-refractivity contribution in [3.63, 3.8) is 0 Å². The summed E-state index contributed by atoms with van der Waals surface area (Å²) in [5, 5.41) is 3.25. The van der Waals surface area contributed by atoms with Crippen molar-refractivity contribution in [3.05, 3.63) is 29.3 Å². The van der Waals surface area contributed by atoms with Gasteiger partial charge >= 0.3 is 0 Å². The van der Waals surface area contributed by atoms with Crippen molar-refractivity contribution in [2.24, 2.45) is 17.8 Å². The molecule has 4 atom stereocenters. The van der Waals surface area contributed by atoms with Gasteiger partial charge in [0.2, 0.25) is 5.91 Å². The maximum Gasteiger partial charge on any atom is 0.224 e. The molecule has 1 spiro atoms. The lowest BCUT2D eigenvalue weighted by Gasteiger charge is -2.37. The molecule has 4 unspecified atom stereocenters. The standard InChI is InChI=1S/C21H25NO3/c1-12-6-7-17-15(10-12)16(23)11-21(25-17)9-8-14-18(19(14)21)20(24)22-13-4-2-3-5-13/h6-7,10,13-14,18-19H,2-5,8-9,11H2,1H3,(H,22,24). The molecule has 4 nitrogen and oxygen atoms in total. The molecule has 1 aromatic rings. The molecule has 1 aliphatic heterocycles. The van der Waals surface area contributed by atoms with Crippen LogP contribution in [-0.4, -0.2) is 23.3 Å². The zero-order valence-electron chi connectivity index (χ0n) is 14.7. The van der Waals surface area contributed by atoms with Crippen LogP contribution in [0.2, 0.25) is 0 Å². The number of nitrogens with one attached hydrogen (secondary N) is 1. The highest BCUT2D eigenvalue weighted by molar-refractivity contribution is 6.01. The lowest BCUT2D eigenvalue weighted by molar-refractivity contribution is -0.124. The zero-order valence-corrected chi connectivity index (χ0v) is 14.7. The van der Waals surface area contributed by atoms with Gasteiger partial charge in [0.15, 0.2) is 5.78 Å². The SMILES string of the molecule is Cc1ccc2c(c1)C(=O)CC1(CCC3C(C(=O)NC4CCCC4)C31)O2. The Morgan fingerprint density at radius 3 is 2.84 bits per heavy atom. The minimum Gasteiger partial charge on any atom is -0.486 e. The third-order valence-corrected chi connectivity index (χ3v) is 6.89. The second-order valence-electron chi connectivity index (χ2n) is 8.51. The van der Waals surface area contributed by atoms with E-state index in [1.165, 1.54) is 12.8 Å². The van der Waals surface area contributed by atoms with Crippen molar-refractivity contribution >= 4 is 11.7 Å². The van der Waals surface area contributed by atoms with E-state index in [1.807, 2.05) is 25.1 Å². The second-order valence-corrected chi connectivity index (χ2v) is 8.51. The Bertz CT molecular complexity index is 752. The molecule has 0 saturated heterocycles. The van der Waals surface area contributed by atoms with Crippen LogP contribution in [0.5, 0.6) is 5.75 Å². The van der Waals surface area contributed by atoms with Crippen LogP contribution in [0.4, 0.5) is 0 Å². The third kappa shape index (κ3) is 2.33. The fourth-order valence-corrected chi connectivity index (χ4v) is 5.65. The molecule has 3 aliphatic carbocycles. The van der Waals surface area contributed by atoms with Crippen LogP contribution in [0.3, 0.4) is 0 Å². The largest absolute Gasteiger partial charge is 0.486 e. The molecule has 3 fully saturated rings. The number of benzene rings is 1. The quantitative estimate of drug-likeness (QED) is 0.898. The number of carbonyl (C=O) groups is 2. The minimum absolute atomic E-state index is 0.0501. The van der Waals surface area contributed by atoms with E-state index in [0.29, 0.717) is 29.7 Å². The number of carbonyl (C=O) groups excluding carboxylic acids is 2. The summed E-state index contributed by atoms with van der Waals surface area (Å²) in [4.78, 5) is 25.5. The number of aryl methyl sites for hydroxylation is 1. The smallest absolute Gasteiger partial charge is 0.224 e. The lowest BCUT2D eigenvalue weighted by Crippen LogP contribution is -2.45. The summed E-state index contributed by atoms with van der Waals surface area (Å²) in [5.41, 5.74) is 1.35. The van der Waals surface area contributed by atoms with E-state index < -0.39 is 5.60 Å². The molecule has 0 aromatic heterocycles. The third-order valence-electron chi connectivity index (χ3n) is 6.89. The van der Waals surface area contributed by atoms with E-state index in [0.717, 1.165) is 31.2 Å².